The van der Waals surface area contributed by atoms with Gasteiger partial charge in [-0.05, 0) is 42.5 Å². The standard InChI is InChI=1S/C21H19F3N2O3/c1-26(2)14-8-10-18(17(12-14)21(22,23)24)25-20(27)19-11-9-16(29-19)13-28-15-6-4-3-5-7-15/h3-12H,13H2,1-2H3,(H,25,27). The number of nitrogens with zero attached hydrogens (tertiary/aromatic N) is 1. The molecule has 29 heavy (non-hydrogen) atoms. The maximum atomic E-state index is 13.4. The molecule has 0 fully saturated rings. The van der Waals surface area contributed by atoms with Gasteiger partial charge in [0.05, 0.1) is 11.3 Å². The highest BCUT2D eigenvalue weighted by atomic mass is 19.4. The Morgan fingerprint density at radius 2 is 1.79 bits per heavy atom. The quantitative estimate of drug-likeness (QED) is 0.614. The molecule has 0 bridgehead atoms. The minimum Gasteiger partial charge on any atom is -0.486 e. The van der Waals surface area contributed by atoms with Crippen LogP contribution in [0.5, 0.6) is 5.75 Å². The van der Waals surface area contributed by atoms with Crippen LogP contribution in [0.4, 0.5) is 24.5 Å². The number of ether oxygens (including phenoxy) is 1. The first-order chi connectivity index (χ1) is 13.7. The fourth-order valence-electron chi connectivity index (χ4n) is 2.59. The molecule has 0 spiro atoms. The third-order valence-corrected chi connectivity index (χ3v) is 4.08. The molecule has 8 heteroatoms. The molecule has 0 saturated heterocycles. The predicted molar refractivity (Wildman–Crippen MR) is 103 cm³/mol. The lowest BCUT2D eigenvalue weighted by Gasteiger charge is -2.18. The predicted octanol–water partition coefficient (Wildman–Crippen LogP) is 5.20. The molecule has 1 aromatic heterocycles. The Labute approximate surface area is 165 Å². The SMILES string of the molecule is CN(C)c1ccc(NC(=O)c2ccc(COc3ccccc3)o2)c(C(F)(F)F)c1. The van der Waals surface area contributed by atoms with Crippen molar-refractivity contribution in [2.24, 2.45) is 0 Å². The number of amides is 1. The summed E-state index contributed by atoms with van der Waals surface area (Å²) >= 11 is 0. The lowest BCUT2D eigenvalue weighted by atomic mass is 10.1. The molecule has 2 aromatic carbocycles. The number of nitrogens with one attached hydrogen (secondary N) is 1. The zero-order chi connectivity index (χ0) is 21.0. The van der Waals surface area contributed by atoms with Crippen LogP contribution in [0.1, 0.15) is 21.9 Å². The third kappa shape index (κ3) is 5.10. The maximum absolute atomic E-state index is 13.4. The summed E-state index contributed by atoms with van der Waals surface area (Å²) in [5, 5.41) is 2.27. The molecule has 0 aliphatic carbocycles. The Morgan fingerprint density at radius 1 is 1.07 bits per heavy atom. The Hall–Kier alpha value is -3.42. The van der Waals surface area contributed by atoms with E-state index in [2.05, 4.69) is 5.32 Å². The molecule has 0 saturated carbocycles. The number of hydrogen-bond acceptors (Lipinski definition) is 4. The summed E-state index contributed by atoms with van der Waals surface area (Å²) in [5.41, 5.74) is -0.906. The van der Waals surface area contributed by atoms with E-state index >= 15 is 0 Å². The minimum atomic E-state index is -4.62. The van der Waals surface area contributed by atoms with Crippen LogP contribution in [-0.2, 0) is 12.8 Å². The molecule has 1 amide bonds. The van der Waals surface area contributed by atoms with Gasteiger partial charge in [-0.15, -0.1) is 0 Å². The number of carbonyl (C=O) groups excluding carboxylic acids is 1. The van der Waals surface area contributed by atoms with Crippen molar-refractivity contribution in [3.05, 3.63) is 77.7 Å². The Bertz CT molecular complexity index is 982. The Morgan fingerprint density at radius 3 is 2.45 bits per heavy atom. The maximum Gasteiger partial charge on any atom is 0.418 e. The number of carbonyl (C=O) groups is 1. The normalized spacial score (nSPS) is 11.2. The smallest absolute Gasteiger partial charge is 0.418 e. The van der Waals surface area contributed by atoms with E-state index in [0.717, 1.165) is 6.07 Å². The van der Waals surface area contributed by atoms with E-state index in [4.69, 9.17) is 9.15 Å². The third-order valence-electron chi connectivity index (χ3n) is 4.08. The highest BCUT2D eigenvalue weighted by molar-refractivity contribution is 6.02. The molecule has 3 rings (SSSR count). The van der Waals surface area contributed by atoms with Crippen molar-refractivity contribution in [1.82, 2.24) is 0 Å². The van der Waals surface area contributed by atoms with Crippen molar-refractivity contribution in [1.29, 1.82) is 0 Å². The van der Waals surface area contributed by atoms with Crippen molar-refractivity contribution >= 4 is 17.3 Å². The van der Waals surface area contributed by atoms with Gasteiger partial charge in [-0.3, -0.25) is 4.79 Å². The van der Waals surface area contributed by atoms with Gasteiger partial charge in [-0.25, -0.2) is 0 Å². The number of rotatable bonds is 6. The average molecular weight is 404 g/mol. The second-order valence-corrected chi connectivity index (χ2v) is 6.44. The van der Waals surface area contributed by atoms with E-state index in [1.807, 2.05) is 18.2 Å². The minimum absolute atomic E-state index is 0.0859. The second kappa shape index (κ2) is 8.30. The zero-order valence-corrected chi connectivity index (χ0v) is 15.8. The number of halogens is 3. The lowest BCUT2D eigenvalue weighted by Crippen LogP contribution is -2.17. The van der Waals surface area contributed by atoms with Gasteiger partial charge in [0.1, 0.15) is 18.1 Å². The van der Waals surface area contributed by atoms with E-state index in [9.17, 15) is 18.0 Å². The van der Waals surface area contributed by atoms with Gasteiger partial charge < -0.3 is 19.4 Å². The van der Waals surface area contributed by atoms with Crippen LogP contribution in [0.3, 0.4) is 0 Å². The molecule has 152 valence electrons. The van der Waals surface area contributed by atoms with Gasteiger partial charge in [-0.1, -0.05) is 18.2 Å². The Kier molecular flexibility index (Phi) is 5.81. The summed E-state index contributed by atoms with van der Waals surface area (Å²) in [6.45, 7) is 0.0859. The highest BCUT2D eigenvalue weighted by Gasteiger charge is 2.34. The summed E-state index contributed by atoms with van der Waals surface area (Å²) in [6.07, 6.45) is -4.62. The number of anilines is 2. The van der Waals surface area contributed by atoms with Crippen LogP contribution < -0.4 is 15.0 Å². The van der Waals surface area contributed by atoms with Crippen LogP contribution in [0.2, 0.25) is 0 Å². The topological polar surface area (TPSA) is 54.7 Å². The van der Waals surface area contributed by atoms with E-state index in [1.165, 1.54) is 24.3 Å². The van der Waals surface area contributed by atoms with Gasteiger partial charge >= 0.3 is 6.18 Å². The first kappa shape index (κ1) is 20.3. The zero-order valence-electron chi connectivity index (χ0n) is 15.8. The summed E-state index contributed by atoms with van der Waals surface area (Å²) in [6, 6.07) is 15.6. The molecule has 0 atom stereocenters. The summed E-state index contributed by atoms with van der Waals surface area (Å²) in [4.78, 5) is 13.9. The van der Waals surface area contributed by atoms with E-state index in [-0.39, 0.29) is 18.1 Å². The molecule has 0 unspecified atom stereocenters. The molecule has 0 aliphatic heterocycles. The monoisotopic (exact) mass is 404 g/mol. The van der Waals surface area contributed by atoms with Gasteiger partial charge in [0.15, 0.2) is 5.76 Å². The fraction of sp³-hybridized carbons (Fsp3) is 0.190. The van der Waals surface area contributed by atoms with Gasteiger partial charge in [-0.2, -0.15) is 13.2 Å². The van der Waals surface area contributed by atoms with E-state index in [1.54, 1.807) is 31.1 Å². The Balaban J connectivity index is 1.73. The molecule has 1 heterocycles. The van der Waals surface area contributed by atoms with E-state index < -0.39 is 17.6 Å². The summed E-state index contributed by atoms with van der Waals surface area (Å²) in [7, 11) is 3.27. The molecule has 1 N–H and O–H groups in total. The number of furan rings is 1. The highest BCUT2D eigenvalue weighted by Crippen LogP contribution is 2.37. The van der Waals surface area contributed by atoms with Crippen molar-refractivity contribution in [3.63, 3.8) is 0 Å². The number of para-hydroxylation sites is 1. The van der Waals surface area contributed by atoms with Crippen molar-refractivity contribution in [3.8, 4) is 5.75 Å². The molecule has 5 nitrogen and oxygen atoms in total. The van der Waals surface area contributed by atoms with E-state index in [0.29, 0.717) is 17.2 Å². The summed E-state index contributed by atoms with van der Waals surface area (Å²) in [5.74, 6) is 0.115. The lowest BCUT2D eigenvalue weighted by molar-refractivity contribution is -0.136. The van der Waals surface area contributed by atoms with Crippen LogP contribution >= 0.6 is 0 Å². The van der Waals surface area contributed by atoms with Crippen molar-refractivity contribution in [2.75, 3.05) is 24.3 Å². The van der Waals surface area contributed by atoms with Crippen LogP contribution in [0.15, 0.2) is 65.1 Å². The number of hydrogen-bond donors (Lipinski definition) is 1. The van der Waals surface area contributed by atoms with Crippen LogP contribution in [0.25, 0.3) is 0 Å². The second-order valence-electron chi connectivity index (χ2n) is 6.44. The van der Waals surface area contributed by atoms with Crippen molar-refractivity contribution in [2.45, 2.75) is 12.8 Å². The largest absolute Gasteiger partial charge is 0.486 e. The summed E-state index contributed by atoms with van der Waals surface area (Å²) < 4.78 is 51.1. The fourth-order valence-corrected chi connectivity index (χ4v) is 2.59. The van der Waals surface area contributed by atoms with Crippen LogP contribution in [0, 0.1) is 0 Å². The van der Waals surface area contributed by atoms with Crippen molar-refractivity contribution < 1.29 is 27.1 Å². The first-order valence-corrected chi connectivity index (χ1v) is 8.70. The first-order valence-electron chi connectivity index (χ1n) is 8.70. The number of alkyl halides is 3. The average Bonchev–Trinajstić information content (AvgIpc) is 3.16. The van der Waals surface area contributed by atoms with Gasteiger partial charge in [0.25, 0.3) is 5.91 Å². The molecular formula is C21H19F3N2O3. The van der Waals surface area contributed by atoms with Crippen LogP contribution in [-0.4, -0.2) is 20.0 Å². The molecule has 0 aliphatic rings. The molecule has 3 aromatic rings. The van der Waals surface area contributed by atoms with Gasteiger partial charge in [0, 0.05) is 19.8 Å². The van der Waals surface area contributed by atoms with Gasteiger partial charge in [0.2, 0.25) is 0 Å². The molecule has 0 radical (unpaired) electrons. The molecular weight excluding hydrogens is 385 g/mol. The number of benzene rings is 2.